The van der Waals surface area contributed by atoms with Gasteiger partial charge in [0, 0.05) is 42.9 Å². The summed E-state index contributed by atoms with van der Waals surface area (Å²) in [5.74, 6) is 0.290. The van der Waals surface area contributed by atoms with E-state index in [4.69, 9.17) is 0 Å². The van der Waals surface area contributed by atoms with Crippen LogP contribution in [0.5, 0.6) is 0 Å². The van der Waals surface area contributed by atoms with E-state index < -0.39 is 22.5 Å². The molecule has 166 valence electrons. The van der Waals surface area contributed by atoms with Gasteiger partial charge in [-0.05, 0) is 44.4 Å². The van der Waals surface area contributed by atoms with Gasteiger partial charge in [0.2, 0.25) is 0 Å². The molecule has 1 heterocycles. The Morgan fingerprint density at radius 3 is 2.39 bits per heavy atom. The molecule has 0 aliphatic heterocycles. The molecule has 1 aromatic carbocycles. The highest BCUT2D eigenvalue weighted by Gasteiger charge is 2.65. The number of amides is 1. The first kappa shape index (κ1) is 20.6. The number of alkyl halides is 2. The number of carbonyl (C=O) groups excluding carboxylic acids is 1. The third kappa shape index (κ3) is 3.77. The van der Waals surface area contributed by atoms with Crippen LogP contribution in [-0.4, -0.2) is 45.0 Å². The smallest absolute Gasteiger partial charge is 0.253 e. The largest absolute Gasteiger partial charge is 0.389 e. The number of aromatic nitrogens is 1. The molecule has 2 aromatic rings. The van der Waals surface area contributed by atoms with E-state index in [2.05, 4.69) is 15.6 Å². The molecule has 1 aromatic heterocycles. The lowest BCUT2D eigenvalue weighted by Crippen LogP contribution is -2.65. The van der Waals surface area contributed by atoms with E-state index in [-0.39, 0.29) is 24.8 Å². The number of hydrogen-bond donors (Lipinski definition) is 3. The summed E-state index contributed by atoms with van der Waals surface area (Å²) in [5, 5.41) is 17.5. The van der Waals surface area contributed by atoms with Crippen molar-refractivity contribution in [1.82, 2.24) is 10.3 Å². The highest BCUT2D eigenvalue weighted by molar-refractivity contribution is 6.09. The second kappa shape index (κ2) is 6.61. The number of hydrogen-bond acceptors (Lipinski definition) is 4. The average molecular weight is 430 g/mol. The molecule has 4 aliphatic carbocycles. The number of pyridine rings is 1. The number of nitrogens with one attached hydrogen (secondary N) is 2. The fourth-order valence-electron chi connectivity index (χ4n) is 6.46. The van der Waals surface area contributed by atoms with Crippen LogP contribution in [0.15, 0.2) is 30.5 Å². The van der Waals surface area contributed by atoms with Gasteiger partial charge in [-0.15, -0.1) is 0 Å². The number of nitrogens with zero attached hydrogens (tertiary/aromatic N) is 1. The molecule has 0 saturated heterocycles. The minimum Gasteiger partial charge on any atom is -0.389 e. The van der Waals surface area contributed by atoms with Gasteiger partial charge in [0.25, 0.3) is 5.91 Å². The van der Waals surface area contributed by atoms with Crippen molar-refractivity contribution in [3.8, 4) is 0 Å². The van der Waals surface area contributed by atoms with Crippen LogP contribution in [0.25, 0.3) is 10.8 Å². The summed E-state index contributed by atoms with van der Waals surface area (Å²) >= 11 is 0. The van der Waals surface area contributed by atoms with Crippen LogP contribution in [0.4, 0.5) is 14.6 Å². The number of fused-ring (bicyclic) bond motifs is 1. The lowest BCUT2D eigenvalue weighted by Gasteiger charge is -2.61. The van der Waals surface area contributed by atoms with E-state index in [1.165, 1.54) is 6.20 Å². The molecule has 2 atom stereocenters. The second-order valence-corrected chi connectivity index (χ2v) is 10.8. The van der Waals surface area contributed by atoms with Crippen LogP contribution >= 0.6 is 0 Å². The summed E-state index contributed by atoms with van der Waals surface area (Å²) in [6.07, 6.45) is 3.76. The van der Waals surface area contributed by atoms with Crippen LogP contribution in [0.3, 0.4) is 0 Å². The van der Waals surface area contributed by atoms with Gasteiger partial charge in [0.15, 0.2) is 0 Å². The van der Waals surface area contributed by atoms with Crippen LogP contribution in [0.2, 0.25) is 0 Å². The van der Waals surface area contributed by atoms with Crippen LogP contribution in [-0.2, 0) is 0 Å². The van der Waals surface area contributed by atoms with Crippen LogP contribution in [0, 0.1) is 5.92 Å². The van der Waals surface area contributed by atoms with Crippen molar-refractivity contribution in [1.29, 1.82) is 0 Å². The van der Waals surface area contributed by atoms with Crippen molar-refractivity contribution in [3.63, 3.8) is 0 Å². The predicted molar refractivity (Wildman–Crippen MR) is 116 cm³/mol. The third-order valence-electron chi connectivity index (χ3n) is 7.04. The molecular weight excluding hydrogens is 400 g/mol. The topological polar surface area (TPSA) is 74.2 Å². The van der Waals surface area contributed by atoms with E-state index in [0.29, 0.717) is 42.5 Å². The highest BCUT2D eigenvalue weighted by Crippen LogP contribution is 2.62. The van der Waals surface area contributed by atoms with Crippen molar-refractivity contribution >= 4 is 22.5 Å². The molecule has 4 aliphatic rings. The molecular formula is C24H29F2N3O2. The number of halogens is 2. The number of carbonyl (C=O) groups is 1. The Bertz CT molecular complexity index is 1030. The number of rotatable bonds is 5. The molecule has 31 heavy (non-hydrogen) atoms. The van der Waals surface area contributed by atoms with E-state index in [1.807, 2.05) is 24.3 Å². The van der Waals surface area contributed by atoms with Crippen molar-refractivity contribution in [2.45, 2.75) is 74.8 Å². The Kier molecular flexibility index (Phi) is 4.39. The van der Waals surface area contributed by atoms with E-state index in [0.717, 1.165) is 11.8 Å². The first-order valence-electron chi connectivity index (χ1n) is 11.0. The van der Waals surface area contributed by atoms with Gasteiger partial charge in [-0.25, -0.2) is 13.8 Å². The lowest BCUT2D eigenvalue weighted by atomic mass is 9.50. The van der Waals surface area contributed by atoms with Crippen LogP contribution in [0.1, 0.15) is 62.7 Å². The normalized spacial score (nSPS) is 34.2. The zero-order valence-electron chi connectivity index (χ0n) is 18.0. The van der Waals surface area contributed by atoms with Gasteiger partial charge in [-0.2, -0.15) is 0 Å². The van der Waals surface area contributed by atoms with Gasteiger partial charge in [-0.3, -0.25) is 4.79 Å². The molecule has 4 saturated carbocycles. The van der Waals surface area contributed by atoms with E-state index >= 15 is 8.78 Å². The summed E-state index contributed by atoms with van der Waals surface area (Å²) in [4.78, 5) is 17.2. The van der Waals surface area contributed by atoms with Crippen LogP contribution < -0.4 is 10.6 Å². The van der Waals surface area contributed by atoms with Crippen molar-refractivity contribution in [3.05, 3.63) is 36.0 Å². The fraction of sp³-hybridized carbons (Fsp3) is 0.583. The molecule has 2 unspecified atom stereocenters. The minimum atomic E-state index is -1.45. The molecule has 4 fully saturated rings. The van der Waals surface area contributed by atoms with Gasteiger partial charge < -0.3 is 15.7 Å². The number of benzene rings is 1. The summed E-state index contributed by atoms with van der Waals surface area (Å²) in [6, 6.07) is 7.42. The summed E-state index contributed by atoms with van der Waals surface area (Å²) in [7, 11) is 0. The number of anilines is 1. The predicted octanol–water partition coefficient (Wildman–Crippen LogP) is 4.30. The molecule has 3 N–H and O–H groups in total. The van der Waals surface area contributed by atoms with Crippen molar-refractivity contribution in [2.24, 2.45) is 5.92 Å². The quantitative estimate of drug-likeness (QED) is 0.663. The summed E-state index contributed by atoms with van der Waals surface area (Å²) in [6.45, 7) is 3.36. The molecule has 5 nitrogen and oxygen atoms in total. The SMILES string of the molecule is CC(C)(O)CNC(=O)c1cnc(NC23CC4CC(F)(CC(F)(C4)C2)C3)c2ccccc12. The Balaban J connectivity index is 1.48. The highest BCUT2D eigenvalue weighted by atomic mass is 19.2. The Hall–Kier alpha value is -2.28. The molecule has 0 spiro atoms. The second-order valence-electron chi connectivity index (χ2n) is 10.8. The first-order valence-corrected chi connectivity index (χ1v) is 11.0. The molecule has 4 bridgehead atoms. The van der Waals surface area contributed by atoms with Gasteiger partial charge >= 0.3 is 0 Å². The Labute approximate surface area is 180 Å². The van der Waals surface area contributed by atoms with E-state index in [9.17, 15) is 9.90 Å². The standard InChI is InChI=1S/C24H29F2N3O2/c1-21(2,31)14-28-20(30)18-10-27-19(17-6-4-3-5-16(17)18)29-24-9-15-7-22(25,12-24)11-23(26,8-15)13-24/h3-6,10,15,31H,7-9,11-14H2,1-2H3,(H,27,29)(H,28,30). The lowest BCUT2D eigenvalue weighted by molar-refractivity contribution is -0.137. The minimum absolute atomic E-state index is 0.00835. The molecule has 7 heteroatoms. The maximum absolute atomic E-state index is 15.4. The maximum Gasteiger partial charge on any atom is 0.253 e. The van der Waals surface area contributed by atoms with Gasteiger partial charge in [-0.1, -0.05) is 24.3 Å². The van der Waals surface area contributed by atoms with E-state index in [1.54, 1.807) is 13.8 Å². The Morgan fingerprint density at radius 2 is 1.77 bits per heavy atom. The first-order chi connectivity index (χ1) is 14.5. The zero-order valence-corrected chi connectivity index (χ0v) is 18.0. The summed E-state index contributed by atoms with van der Waals surface area (Å²) < 4.78 is 30.7. The summed E-state index contributed by atoms with van der Waals surface area (Å²) in [5.41, 5.74) is -4.17. The Morgan fingerprint density at radius 1 is 1.13 bits per heavy atom. The fourth-order valence-corrected chi connectivity index (χ4v) is 6.46. The monoisotopic (exact) mass is 429 g/mol. The third-order valence-corrected chi connectivity index (χ3v) is 7.04. The van der Waals surface area contributed by atoms with Crippen molar-refractivity contribution < 1.29 is 18.7 Å². The molecule has 0 radical (unpaired) electrons. The van der Waals surface area contributed by atoms with Crippen molar-refractivity contribution in [2.75, 3.05) is 11.9 Å². The zero-order chi connectivity index (χ0) is 22.1. The maximum atomic E-state index is 15.4. The molecule has 1 amide bonds. The molecule has 6 rings (SSSR count). The average Bonchev–Trinajstić information content (AvgIpc) is 2.62. The van der Waals surface area contributed by atoms with Gasteiger partial charge in [0.05, 0.1) is 11.2 Å². The van der Waals surface area contributed by atoms with Gasteiger partial charge in [0.1, 0.15) is 17.2 Å². The number of aliphatic hydroxyl groups is 1.